The zero-order valence-electron chi connectivity index (χ0n) is 18.1. The highest BCUT2D eigenvalue weighted by Gasteiger charge is 2.30. The average Bonchev–Trinajstić information content (AvgIpc) is 3.08. The summed E-state index contributed by atoms with van der Waals surface area (Å²) in [7, 11) is 0. The minimum atomic E-state index is -0.987. The number of carbonyl (C=O) groups excluding carboxylic acids is 1. The summed E-state index contributed by atoms with van der Waals surface area (Å²) < 4.78 is 15.8. The summed E-state index contributed by atoms with van der Waals surface area (Å²) in [6.07, 6.45) is 3.51. The van der Waals surface area contributed by atoms with E-state index in [-0.39, 0.29) is 11.7 Å². The van der Waals surface area contributed by atoms with Crippen LogP contribution in [0.1, 0.15) is 30.8 Å². The van der Waals surface area contributed by atoms with Crippen LogP contribution < -0.4 is 11.1 Å². The molecule has 0 atom stereocenters. The van der Waals surface area contributed by atoms with Crippen molar-refractivity contribution in [1.29, 1.82) is 0 Å². The highest BCUT2D eigenvalue weighted by molar-refractivity contribution is 5.87. The van der Waals surface area contributed by atoms with Gasteiger partial charge in [0.05, 0.1) is 12.1 Å². The van der Waals surface area contributed by atoms with Crippen molar-refractivity contribution in [2.45, 2.75) is 39.8 Å². The molecule has 0 radical (unpaired) electrons. The number of fused-ring (bicyclic) bond motifs is 1. The molecule has 0 unspecified atom stereocenters. The standard InChI is InChI=1S/C24H26FN5O/c1-15-5-8-18(9-6-15)27-22-21(17-7-10-19(25)16(2)13-17)28-20-14-29(11-12-30(20)22)23(31)24(3,4)26/h5-13,27H,14,26H2,1-4H3. The Kier molecular flexibility index (Phi) is 5.15. The van der Waals surface area contributed by atoms with Crippen molar-refractivity contribution in [1.82, 2.24) is 14.5 Å². The van der Waals surface area contributed by atoms with E-state index in [9.17, 15) is 9.18 Å². The van der Waals surface area contributed by atoms with E-state index in [4.69, 9.17) is 10.7 Å². The third-order valence-electron chi connectivity index (χ3n) is 5.25. The normalized spacial score (nSPS) is 13.3. The van der Waals surface area contributed by atoms with Gasteiger partial charge in [-0.05, 0) is 63.6 Å². The summed E-state index contributed by atoms with van der Waals surface area (Å²) in [5.41, 5.74) is 9.10. The number of imidazole rings is 1. The first-order valence-corrected chi connectivity index (χ1v) is 10.1. The van der Waals surface area contributed by atoms with Gasteiger partial charge in [0.2, 0.25) is 5.91 Å². The molecule has 1 amide bonds. The van der Waals surface area contributed by atoms with Crippen LogP contribution in [0.25, 0.3) is 17.5 Å². The first-order chi connectivity index (χ1) is 14.6. The highest BCUT2D eigenvalue weighted by Crippen LogP contribution is 2.34. The molecule has 1 aliphatic rings. The second kappa shape index (κ2) is 7.67. The van der Waals surface area contributed by atoms with Crippen LogP contribution in [0.15, 0.2) is 48.7 Å². The summed E-state index contributed by atoms with van der Waals surface area (Å²) in [6.45, 7) is 7.41. The lowest BCUT2D eigenvalue weighted by Gasteiger charge is -2.28. The minimum Gasteiger partial charge on any atom is -0.339 e. The predicted molar refractivity (Wildman–Crippen MR) is 121 cm³/mol. The topological polar surface area (TPSA) is 76.2 Å². The first-order valence-electron chi connectivity index (χ1n) is 10.1. The average molecular weight is 420 g/mol. The smallest absolute Gasteiger partial charge is 0.246 e. The number of nitrogens with zero attached hydrogens (tertiary/aromatic N) is 3. The number of aromatic nitrogens is 2. The first kappa shape index (κ1) is 20.8. The fourth-order valence-corrected chi connectivity index (χ4v) is 3.50. The number of halogens is 1. The van der Waals surface area contributed by atoms with Crippen LogP contribution in [0, 0.1) is 19.7 Å². The van der Waals surface area contributed by atoms with Crippen LogP contribution in [0.2, 0.25) is 0 Å². The fraction of sp³-hybridized carbons (Fsp3) is 0.250. The Morgan fingerprint density at radius 2 is 1.84 bits per heavy atom. The number of amides is 1. The van der Waals surface area contributed by atoms with E-state index in [1.54, 1.807) is 50.2 Å². The zero-order valence-corrected chi connectivity index (χ0v) is 18.1. The molecule has 7 heteroatoms. The summed E-state index contributed by atoms with van der Waals surface area (Å²) >= 11 is 0. The largest absolute Gasteiger partial charge is 0.339 e. The molecule has 0 spiro atoms. The third kappa shape index (κ3) is 4.09. The van der Waals surface area contributed by atoms with Crippen molar-refractivity contribution in [3.63, 3.8) is 0 Å². The Balaban J connectivity index is 1.79. The molecule has 2 aromatic carbocycles. The highest BCUT2D eigenvalue weighted by atomic mass is 19.1. The van der Waals surface area contributed by atoms with Crippen molar-refractivity contribution in [3.8, 4) is 11.3 Å². The maximum Gasteiger partial charge on any atom is 0.246 e. The molecule has 3 N–H and O–H groups in total. The van der Waals surface area contributed by atoms with Crippen molar-refractivity contribution in [2.75, 3.05) is 5.32 Å². The van der Waals surface area contributed by atoms with Crippen LogP contribution in [-0.4, -0.2) is 25.9 Å². The molecule has 0 bridgehead atoms. The lowest BCUT2D eigenvalue weighted by Crippen LogP contribution is -2.49. The molecular weight excluding hydrogens is 393 g/mol. The third-order valence-corrected chi connectivity index (χ3v) is 5.25. The number of hydrogen-bond acceptors (Lipinski definition) is 4. The molecule has 0 fully saturated rings. The summed E-state index contributed by atoms with van der Waals surface area (Å²) in [5.74, 6) is 0.986. The van der Waals surface area contributed by atoms with Crippen molar-refractivity contribution in [2.24, 2.45) is 5.73 Å². The van der Waals surface area contributed by atoms with Gasteiger partial charge in [-0.15, -0.1) is 0 Å². The van der Waals surface area contributed by atoms with Crippen LogP contribution in [0.3, 0.4) is 0 Å². The van der Waals surface area contributed by atoms with Crippen LogP contribution in [0.5, 0.6) is 0 Å². The monoisotopic (exact) mass is 419 g/mol. The van der Waals surface area contributed by atoms with E-state index < -0.39 is 5.54 Å². The molecule has 0 saturated heterocycles. The summed E-state index contributed by atoms with van der Waals surface area (Å²) in [6, 6.07) is 13.0. The molecule has 6 nitrogen and oxygen atoms in total. The quantitative estimate of drug-likeness (QED) is 0.650. The molecule has 1 aliphatic heterocycles. The molecule has 31 heavy (non-hydrogen) atoms. The predicted octanol–water partition coefficient (Wildman–Crippen LogP) is 4.56. The second-order valence-corrected chi connectivity index (χ2v) is 8.50. The molecule has 1 aromatic heterocycles. The number of nitrogens with two attached hydrogens (primary N) is 1. The van der Waals surface area contributed by atoms with E-state index in [0.29, 0.717) is 23.6 Å². The van der Waals surface area contributed by atoms with Crippen LogP contribution in [-0.2, 0) is 11.3 Å². The number of carbonyl (C=O) groups is 1. The van der Waals surface area contributed by atoms with Crippen LogP contribution in [0.4, 0.5) is 15.9 Å². The maximum absolute atomic E-state index is 13.9. The van der Waals surface area contributed by atoms with E-state index in [1.807, 2.05) is 35.8 Å². The van der Waals surface area contributed by atoms with Gasteiger partial charge in [-0.1, -0.05) is 17.7 Å². The molecule has 2 heterocycles. The number of hydrogen-bond donors (Lipinski definition) is 2. The van der Waals surface area contributed by atoms with Gasteiger partial charge < -0.3 is 16.0 Å². The Morgan fingerprint density at radius 3 is 2.48 bits per heavy atom. The number of nitrogens with one attached hydrogen (secondary N) is 1. The Bertz CT molecular complexity index is 1170. The van der Waals surface area contributed by atoms with Gasteiger partial charge in [0.25, 0.3) is 0 Å². The van der Waals surface area contributed by atoms with E-state index in [0.717, 1.165) is 22.6 Å². The lowest BCUT2D eigenvalue weighted by molar-refractivity contribution is -0.133. The molecule has 160 valence electrons. The van der Waals surface area contributed by atoms with Crippen molar-refractivity contribution < 1.29 is 9.18 Å². The van der Waals surface area contributed by atoms with Gasteiger partial charge in [-0.2, -0.15) is 0 Å². The van der Waals surface area contributed by atoms with Crippen molar-refractivity contribution >= 4 is 23.6 Å². The van der Waals surface area contributed by atoms with Gasteiger partial charge in [0.1, 0.15) is 23.2 Å². The number of rotatable bonds is 4. The summed E-state index contributed by atoms with van der Waals surface area (Å²) in [5, 5.41) is 3.44. The molecule has 0 saturated carbocycles. The minimum absolute atomic E-state index is 0.190. The number of aryl methyl sites for hydroxylation is 2. The van der Waals surface area contributed by atoms with Crippen molar-refractivity contribution in [3.05, 3.63) is 71.4 Å². The number of anilines is 2. The molecular formula is C24H26FN5O. The van der Waals surface area contributed by atoms with Gasteiger partial charge in [-0.3, -0.25) is 9.36 Å². The van der Waals surface area contributed by atoms with E-state index in [1.165, 1.54) is 6.07 Å². The number of benzene rings is 2. The molecule has 0 aliphatic carbocycles. The van der Waals surface area contributed by atoms with E-state index >= 15 is 0 Å². The maximum atomic E-state index is 13.9. The van der Waals surface area contributed by atoms with Crippen LogP contribution >= 0.6 is 0 Å². The Hall–Kier alpha value is -3.45. The van der Waals surface area contributed by atoms with Gasteiger partial charge in [0, 0.05) is 23.7 Å². The SMILES string of the molecule is Cc1ccc(Nc2c(-c3ccc(F)c(C)c3)nc3n2C=CN(C(=O)C(C)(C)N)C3)cc1. The lowest BCUT2D eigenvalue weighted by atomic mass is 10.1. The zero-order chi connectivity index (χ0) is 22.3. The fourth-order valence-electron chi connectivity index (χ4n) is 3.50. The molecule has 4 rings (SSSR count). The van der Waals surface area contributed by atoms with Gasteiger partial charge in [-0.25, -0.2) is 9.37 Å². The van der Waals surface area contributed by atoms with Gasteiger partial charge in [0.15, 0.2) is 0 Å². The Morgan fingerprint density at radius 1 is 1.13 bits per heavy atom. The second-order valence-electron chi connectivity index (χ2n) is 8.50. The summed E-state index contributed by atoms with van der Waals surface area (Å²) in [4.78, 5) is 19.0. The van der Waals surface area contributed by atoms with Gasteiger partial charge >= 0.3 is 0 Å². The molecule has 3 aromatic rings. The Labute approximate surface area is 181 Å². The van der Waals surface area contributed by atoms with E-state index in [2.05, 4.69) is 5.32 Å².